The van der Waals surface area contributed by atoms with Crippen molar-refractivity contribution in [3.8, 4) is 0 Å². The lowest BCUT2D eigenvalue weighted by molar-refractivity contribution is -0.138. The Balaban J connectivity index is 4.20. The zero-order valence-electron chi connectivity index (χ0n) is 20.8. The van der Waals surface area contributed by atoms with Crippen LogP contribution in [0.4, 0.5) is 0 Å². The minimum Gasteiger partial charge on any atom is -0.499 e. The number of thioether (sulfide) groups is 1. The lowest BCUT2D eigenvalue weighted by Gasteiger charge is -2.18. The first-order valence-corrected chi connectivity index (χ1v) is 12.6. The third-order valence-corrected chi connectivity index (χ3v) is 5.67. The molecule has 0 aromatic rings. The van der Waals surface area contributed by atoms with Crippen LogP contribution in [-0.4, -0.2) is 41.8 Å². The van der Waals surface area contributed by atoms with Crippen molar-refractivity contribution in [2.75, 3.05) is 24.7 Å². The summed E-state index contributed by atoms with van der Waals surface area (Å²) in [6, 6.07) is -0.685. The van der Waals surface area contributed by atoms with E-state index in [9.17, 15) is 9.90 Å². The molecule has 0 bridgehead atoms. The van der Waals surface area contributed by atoms with E-state index >= 15 is 0 Å². The molecule has 32 heavy (non-hydrogen) atoms. The molecule has 0 aromatic heterocycles. The molecule has 6 heteroatoms. The van der Waals surface area contributed by atoms with Gasteiger partial charge in [0.15, 0.2) is 0 Å². The normalized spacial score (nSPS) is 12.7. The number of carbonyl (C=O) groups is 1. The Morgan fingerprint density at radius 1 is 1.03 bits per heavy atom. The fraction of sp³-hybridized carbons (Fsp3) is 0.577. The van der Waals surface area contributed by atoms with Gasteiger partial charge < -0.3 is 20.5 Å². The second kappa shape index (κ2) is 18.5. The maximum atomic E-state index is 11.5. The van der Waals surface area contributed by atoms with E-state index in [0.717, 1.165) is 31.4 Å². The van der Waals surface area contributed by atoms with Crippen LogP contribution in [0.25, 0.3) is 0 Å². The average molecular weight is 465 g/mol. The molecule has 0 heterocycles. The molecule has 0 amide bonds. The van der Waals surface area contributed by atoms with Gasteiger partial charge in [0, 0.05) is 24.5 Å². The molecule has 3 N–H and O–H groups in total. The lowest BCUT2D eigenvalue weighted by atomic mass is 10.1. The molecular weight excluding hydrogens is 420 g/mol. The van der Waals surface area contributed by atoms with Crippen LogP contribution >= 0.6 is 11.8 Å². The Labute approximate surface area is 200 Å². The zero-order chi connectivity index (χ0) is 24.4. The first-order chi connectivity index (χ1) is 15.1. The van der Waals surface area contributed by atoms with Crippen molar-refractivity contribution >= 4 is 17.7 Å². The number of rotatable bonds is 19. The van der Waals surface area contributed by atoms with E-state index in [0.29, 0.717) is 36.9 Å². The second-order valence-electron chi connectivity index (χ2n) is 8.16. The number of ether oxygens (including phenoxy) is 1. The van der Waals surface area contributed by atoms with Gasteiger partial charge >= 0.3 is 5.97 Å². The Kier molecular flexibility index (Phi) is 17.3. The SMILES string of the molecule is C=C(NCCC(=C)OCC)N[C@@H](CSC/C=C(\C)CC/C=C(\C)CCC=C(C)C)C(=O)O. The van der Waals surface area contributed by atoms with Crippen molar-refractivity contribution in [3.05, 3.63) is 59.7 Å². The van der Waals surface area contributed by atoms with Gasteiger partial charge in [-0.05, 0) is 60.3 Å². The molecule has 182 valence electrons. The molecular formula is C26H44N2O3S. The number of aliphatic carboxylic acids is 1. The lowest BCUT2D eigenvalue weighted by Crippen LogP contribution is -2.41. The highest BCUT2D eigenvalue weighted by atomic mass is 32.2. The van der Waals surface area contributed by atoms with E-state index in [1.807, 2.05) is 6.92 Å². The van der Waals surface area contributed by atoms with Crippen molar-refractivity contribution in [3.63, 3.8) is 0 Å². The summed E-state index contributed by atoms with van der Waals surface area (Å²) in [4.78, 5) is 11.5. The number of carboxylic acid groups (broad SMARTS) is 1. The smallest absolute Gasteiger partial charge is 0.327 e. The predicted molar refractivity (Wildman–Crippen MR) is 140 cm³/mol. The quantitative estimate of drug-likeness (QED) is 0.120. The zero-order valence-corrected chi connectivity index (χ0v) is 21.6. The fourth-order valence-electron chi connectivity index (χ4n) is 2.79. The fourth-order valence-corrected chi connectivity index (χ4v) is 3.79. The molecule has 0 fully saturated rings. The van der Waals surface area contributed by atoms with Crippen molar-refractivity contribution in [1.29, 1.82) is 0 Å². The van der Waals surface area contributed by atoms with Gasteiger partial charge in [0.2, 0.25) is 0 Å². The number of hydrogen-bond donors (Lipinski definition) is 3. The third-order valence-electron chi connectivity index (χ3n) is 4.69. The highest BCUT2D eigenvalue weighted by Gasteiger charge is 2.17. The molecule has 0 aliphatic carbocycles. The summed E-state index contributed by atoms with van der Waals surface area (Å²) in [6.45, 7) is 19.4. The van der Waals surface area contributed by atoms with Crippen LogP contribution in [0.15, 0.2) is 59.7 Å². The topological polar surface area (TPSA) is 70.6 Å². The molecule has 0 saturated heterocycles. The maximum absolute atomic E-state index is 11.5. The van der Waals surface area contributed by atoms with Crippen molar-refractivity contribution in [2.24, 2.45) is 0 Å². The minimum absolute atomic E-state index is 0.467. The van der Waals surface area contributed by atoms with Crippen LogP contribution in [0.1, 0.15) is 66.7 Å². The summed E-state index contributed by atoms with van der Waals surface area (Å²) in [5.41, 5.74) is 4.15. The first-order valence-electron chi connectivity index (χ1n) is 11.4. The highest BCUT2D eigenvalue weighted by molar-refractivity contribution is 7.99. The number of hydrogen-bond acceptors (Lipinski definition) is 5. The van der Waals surface area contributed by atoms with Crippen LogP contribution < -0.4 is 10.6 Å². The van der Waals surface area contributed by atoms with Crippen LogP contribution in [0.3, 0.4) is 0 Å². The summed E-state index contributed by atoms with van der Waals surface area (Å²) < 4.78 is 5.29. The average Bonchev–Trinajstić information content (AvgIpc) is 2.70. The van der Waals surface area contributed by atoms with Crippen LogP contribution in [0.5, 0.6) is 0 Å². The molecule has 0 aliphatic rings. The summed E-state index contributed by atoms with van der Waals surface area (Å²) >= 11 is 1.60. The predicted octanol–water partition coefficient (Wildman–Crippen LogP) is 6.18. The van der Waals surface area contributed by atoms with Gasteiger partial charge in [0.1, 0.15) is 6.04 Å². The molecule has 0 radical (unpaired) electrons. The molecule has 0 rings (SSSR count). The summed E-state index contributed by atoms with van der Waals surface area (Å²) in [5, 5.41) is 15.5. The second-order valence-corrected chi connectivity index (χ2v) is 9.23. The number of carboxylic acids is 1. The van der Waals surface area contributed by atoms with Crippen LogP contribution in [0.2, 0.25) is 0 Å². The van der Waals surface area contributed by atoms with Crippen LogP contribution in [0, 0.1) is 0 Å². The number of nitrogens with one attached hydrogen (secondary N) is 2. The first kappa shape index (κ1) is 29.9. The minimum atomic E-state index is -0.881. The van der Waals surface area contributed by atoms with Gasteiger partial charge in [-0.2, -0.15) is 11.8 Å². The third kappa shape index (κ3) is 17.6. The molecule has 0 unspecified atom stereocenters. The molecule has 5 nitrogen and oxygen atoms in total. The molecule has 0 aromatic carbocycles. The van der Waals surface area contributed by atoms with E-state index in [4.69, 9.17) is 4.74 Å². The Morgan fingerprint density at radius 3 is 2.25 bits per heavy atom. The van der Waals surface area contributed by atoms with E-state index in [1.165, 1.54) is 16.7 Å². The van der Waals surface area contributed by atoms with E-state index in [-0.39, 0.29) is 0 Å². The Bertz CT molecular complexity index is 677. The van der Waals surface area contributed by atoms with E-state index in [1.54, 1.807) is 11.8 Å². The number of allylic oxidation sites excluding steroid dienone is 5. The van der Waals surface area contributed by atoms with E-state index < -0.39 is 12.0 Å². The monoisotopic (exact) mass is 464 g/mol. The molecule has 0 saturated carbocycles. The van der Waals surface area contributed by atoms with Crippen LogP contribution in [-0.2, 0) is 9.53 Å². The van der Waals surface area contributed by atoms with Gasteiger partial charge in [-0.15, -0.1) is 0 Å². The van der Waals surface area contributed by atoms with Crippen molar-refractivity contribution < 1.29 is 14.6 Å². The maximum Gasteiger partial charge on any atom is 0.327 e. The van der Waals surface area contributed by atoms with Gasteiger partial charge in [-0.1, -0.05) is 48.1 Å². The van der Waals surface area contributed by atoms with Crippen molar-refractivity contribution in [1.82, 2.24) is 10.6 Å². The highest BCUT2D eigenvalue weighted by Crippen LogP contribution is 2.13. The molecule has 0 aliphatic heterocycles. The van der Waals surface area contributed by atoms with Gasteiger partial charge in [0.05, 0.1) is 18.2 Å². The Morgan fingerprint density at radius 2 is 1.66 bits per heavy atom. The van der Waals surface area contributed by atoms with Crippen molar-refractivity contribution in [2.45, 2.75) is 72.8 Å². The van der Waals surface area contributed by atoms with Gasteiger partial charge in [-0.3, -0.25) is 0 Å². The summed E-state index contributed by atoms with van der Waals surface area (Å²) in [6.07, 6.45) is 11.8. The summed E-state index contributed by atoms with van der Waals surface area (Å²) in [7, 11) is 0. The molecule has 0 spiro atoms. The molecule has 1 atom stereocenters. The Hall–Kier alpha value is -2.08. The largest absolute Gasteiger partial charge is 0.499 e. The summed E-state index contributed by atoms with van der Waals surface area (Å²) in [5.74, 6) is 1.59. The van der Waals surface area contributed by atoms with Gasteiger partial charge in [0.25, 0.3) is 0 Å². The van der Waals surface area contributed by atoms with E-state index in [2.05, 4.69) is 69.7 Å². The standard InChI is InChI=1S/C26H44N2O3S/c1-8-31-23(6)15-17-27-24(7)28-25(26(29)30)19-32-18-16-22(5)14-10-13-21(4)12-9-11-20(2)3/h11,13,16,25,27-28H,6-10,12,14-15,17-19H2,1-5H3,(H,29,30)/b21-13+,22-16+/t25-/m0/s1. The van der Waals surface area contributed by atoms with Gasteiger partial charge in [-0.25, -0.2) is 4.79 Å².